The van der Waals surface area contributed by atoms with Crippen LogP contribution < -0.4 is 5.32 Å². The number of amidine groups is 1. The molecule has 37 heavy (non-hydrogen) atoms. The molecule has 0 radical (unpaired) electrons. The Morgan fingerprint density at radius 3 is 2.84 bits per heavy atom. The van der Waals surface area contributed by atoms with Gasteiger partial charge in [-0.05, 0) is 24.6 Å². The third kappa shape index (κ3) is 5.91. The van der Waals surface area contributed by atoms with Crippen molar-refractivity contribution in [3.8, 4) is 0 Å². The lowest BCUT2D eigenvalue weighted by Crippen LogP contribution is -2.55. The number of carboxylic acids is 1. The largest absolute Gasteiger partial charge is 0.478 e. The molecule has 3 heterocycles. The number of ether oxygens (including phenoxy) is 1. The Kier molecular flexibility index (Phi) is 9.03. The minimum Gasteiger partial charge on any atom is -0.478 e. The van der Waals surface area contributed by atoms with Crippen LogP contribution in [-0.4, -0.2) is 94.8 Å². The van der Waals surface area contributed by atoms with Crippen LogP contribution in [-0.2, 0) is 14.3 Å². The molecule has 2 aliphatic rings. The van der Waals surface area contributed by atoms with Gasteiger partial charge in [-0.15, -0.1) is 11.3 Å². The maximum atomic E-state index is 14.0. The van der Waals surface area contributed by atoms with Crippen LogP contribution in [0.1, 0.15) is 23.5 Å². The van der Waals surface area contributed by atoms with Gasteiger partial charge in [0.2, 0.25) is 5.91 Å². The molecule has 1 aromatic heterocycles. The third-order valence-electron chi connectivity index (χ3n) is 6.17. The number of aliphatic imine (C=N–C) groups is 1. The van der Waals surface area contributed by atoms with E-state index in [-0.39, 0.29) is 43.5 Å². The zero-order chi connectivity index (χ0) is 26.5. The van der Waals surface area contributed by atoms with Gasteiger partial charge in [0.15, 0.2) is 10.8 Å². The van der Waals surface area contributed by atoms with Gasteiger partial charge in [0.1, 0.15) is 11.9 Å². The maximum absolute atomic E-state index is 14.0. The molecule has 1 unspecified atom stereocenters. The van der Waals surface area contributed by atoms with Crippen molar-refractivity contribution in [1.29, 1.82) is 0 Å². The van der Waals surface area contributed by atoms with Gasteiger partial charge in [0, 0.05) is 42.2 Å². The topological polar surface area (TPSA) is 128 Å². The Morgan fingerprint density at radius 2 is 2.19 bits per heavy atom. The highest BCUT2D eigenvalue weighted by atomic mass is 79.9. The summed E-state index contributed by atoms with van der Waals surface area (Å²) in [6.07, 6.45) is 1.65. The third-order valence-corrected chi connectivity index (χ3v) is 7.62. The smallest absolute Gasteiger partial charge is 0.335 e. The van der Waals surface area contributed by atoms with Gasteiger partial charge in [-0.2, -0.15) is 0 Å². The molecule has 0 saturated carbocycles. The first-order chi connectivity index (χ1) is 17.8. The standard InChI is InChI=1S/C24H27BrFN5O5S/c1-2-31-20(15-4-3-14(26)11-16(15)25)19(24(34)35)17(29-21(31)23-28-6-10-37-23)12-30-7-9-36-13-18(30)22(33)27-5-8-32/h3-4,6,10-11,18,20,32H,2,5,7-9,12-13H2,1H3,(H,27,33)(H,34,35)/t18-,20?/m0/s1. The summed E-state index contributed by atoms with van der Waals surface area (Å²) in [6, 6.07) is 2.71. The molecule has 4 rings (SSSR count). The van der Waals surface area contributed by atoms with Crippen molar-refractivity contribution in [2.75, 3.05) is 46.0 Å². The lowest BCUT2D eigenvalue weighted by Gasteiger charge is -2.40. The molecule has 13 heteroatoms. The van der Waals surface area contributed by atoms with Crippen LogP contribution in [0.3, 0.4) is 0 Å². The summed E-state index contributed by atoms with van der Waals surface area (Å²) >= 11 is 4.80. The summed E-state index contributed by atoms with van der Waals surface area (Å²) in [6.45, 7) is 3.17. The van der Waals surface area contributed by atoms with Crippen molar-refractivity contribution in [2.45, 2.75) is 19.0 Å². The molecule has 1 fully saturated rings. The van der Waals surface area contributed by atoms with E-state index in [0.717, 1.165) is 0 Å². The van der Waals surface area contributed by atoms with Gasteiger partial charge in [0.05, 0.1) is 37.1 Å². The fourth-order valence-corrected chi connectivity index (χ4v) is 5.70. The fraction of sp³-hybridized carbons (Fsp3) is 0.417. The number of rotatable bonds is 9. The first-order valence-electron chi connectivity index (χ1n) is 11.7. The summed E-state index contributed by atoms with van der Waals surface area (Å²) in [4.78, 5) is 38.4. The van der Waals surface area contributed by atoms with Crippen molar-refractivity contribution < 1.29 is 28.9 Å². The van der Waals surface area contributed by atoms with E-state index in [0.29, 0.717) is 40.6 Å². The predicted molar refractivity (Wildman–Crippen MR) is 139 cm³/mol. The minimum atomic E-state index is -1.16. The molecular weight excluding hydrogens is 569 g/mol. The Balaban J connectivity index is 1.83. The predicted octanol–water partition coefficient (Wildman–Crippen LogP) is 2.02. The fourth-order valence-electron chi connectivity index (χ4n) is 4.49. The van der Waals surface area contributed by atoms with Gasteiger partial charge in [-0.25, -0.2) is 19.2 Å². The monoisotopic (exact) mass is 595 g/mol. The number of morpholine rings is 1. The SMILES string of the molecule is CCN1C(c2nccs2)=NC(CN2CCOC[C@H]2C(=O)NCCO)=C(C(=O)O)C1c1ccc(F)cc1Br. The summed E-state index contributed by atoms with van der Waals surface area (Å²) in [7, 11) is 0. The molecule has 2 aromatic rings. The van der Waals surface area contributed by atoms with E-state index < -0.39 is 23.9 Å². The van der Waals surface area contributed by atoms with Gasteiger partial charge in [0.25, 0.3) is 0 Å². The first-order valence-corrected chi connectivity index (χ1v) is 13.4. The van der Waals surface area contributed by atoms with Gasteiger partial charge < -0.3 is 25.2 Å². The lowest BCUT2D eigenvalue weighted by atomic mass is 9.93. The van der Waals surface area contributed by atoms with Crippen LogP contribution in [0, 0.1) is 5.82 Å². The number of thiazole rings is 1. The average molecular weight is 596 g/mol. The maximum Gasteiger partial charge on any atom is 0.335 e. The molecule has 1 amide bonds. The molecule has 0 aliphatic carbocycles. The lowest BCUT2D eigenvalue weighted by molar-refractivity contribution is -0.133. The van der Waals surface area contributed by atoms with E-state index in [2.05, 4.69) is 26.2 Å². The van der Waals surface area contributed by atoms with Crippen LogP contribution in [0.2, 0.25) is 0 Å². The van der Waals surface area contributed by atoms with Gasteiger partial charge >= 0.3 is 5.97 Å². The molecule has 1 saturated heterocycles. The highest BCUT2D eigenvalue weighted by Crippen LogP contribution is 2.40. The molecule has 10 nitrogen and oxygen atoms in total. The van der Waals surface area contributed by atoms with Crippen LogP contribution in [0.4, 0.5) is 4.39 Å². The number of carboxylic acid groups (broad SMARTS) is 1. The summed E-state index contributed by atoms with van der Waals surface area (Å²) < 4.78 is 19.9. The molecule has 0 spiro atoms. The van der Waals surface area contributed by atoms with Crippen molar-refractivity contribution in [3.05, 3.63) is 61.9 Å². The molecule has 2 atom stereocenters. The number of hydrogen-bond acceptors (Lipinski definition) is 9. The number of aliphatic hydroxyl groups excluding tert-OH is 1. The van der Waals surface area contributed by atoms with Gasteiger partial charge in [-0.1, -0.05) is 22.0 Å². The zero-order valence-electron chi connectivity index (χ0n) is 20.1. The summed E-state index contributed by atoms with van der Waals surface area (Å²) in [5, 5.41) is 24.6. The van der Waals surface area contributed by atoms with Crippen LogP contribution in [0.5, 0.6) is 0 Å². The molecule has 0 bridgehead atoms. The number of nitrogens with one attached hydrogen (secondary N) is 1. The van der Waals surface area contributed by atoms with Crippen LogP contribution >= 0.6 is 27.3 Å². The van der Waals surface area contributed by atoms with Crippen LogP contribution in [0.25, 0.3) is 0 Å². The number of likely N-dealkylation sites (N-methyl/N-ethyl adjacent to an activating group) is 1. The van der Waals surface area contributed by atoms with Gasteiger partial charge in [-0.3, -0.25) is 9.69 Å². The molecule has 2 aliphatic heterocycles. The number of hydrogen-bond donors (Lipinski definition) is 3. The van der Waals surface area contributed by atoms with E-state index in [4.69, 9.17) is 14.8 Å². The number of aromatic nitrogens is 1. The molecular formula is C24H27BrFN5O5S. The Bertz CT molecular complexity index is 1210. The molecule has 1 aromatic carbocycles. The number of carbonyl (C=O) groups is 2. The quantitative estimate of drug-likeness (QED) is 0.402. The first kappa shape index (κ1) is 27.3. The van der Waals surface area contributed by atoms with Crippen molar-refractivity contribution in [1.82, 2.24) is 20.1 Å². The Labute approximate surface area is 225 Å². The van der Waals surface area contributed by atoms with E-state index in [1.54, 1.807) is 12.3 Å². The number of carbonyl (C=O) groups excluding carboxylic acids is 1. The number of aliphatic hydroxyl groups is 1. The van der Waals surface area contributed by atoms with E-state index in [1.807, 2.05) is 22.1 Å². The number of halogens is 2. The molecule has 3 N–H and O–H groups in total. The number of amides is 1. The second-order valence-electron chi connectivity index (χ2n) is 8.37. The second-order valence-corrected chi connectivity index (χ2v) is 10.1. The second kappa shape index (κ2) is 12.2. The number of benzene rings is 1. The molecule has 198 valence electrons. The average Bonchev–Trinajstić information content (AvgIpc) is 3.42. The summed E-state index contributed by atoms with van der Waals surface area (Å²) in [5.74, 6) is -1.42. The van der Waals surface area contributed by atoms with Crippen molar-refractivity contribution in [3.63, 3.8) is 0 Å². The summed E-state index contributed by atoms with van der Waals surface area (Å²) in [5.41, 5.74) is 0.891. The normalized spacial score (nSPS) is 20.6. The van der Waals surface area contributed by atoms with Crippen molar-refractivity contribution >= 4 is 45.0 Å². The van der Waals surface area contributed by atoms with E-state index >= 15 is 0 Å². The minimum absolute atomic E-state index is 0.0375. The Morgan fingerprint density at radius 1 is 1.38 bits per heavy atom. The number of aliphatic carboxylic acids is 1. The Hall–Kier alpha value is -2.71. The van der Waals surface area contributed by atoms with Crippen LogP contribution in [0.15, 0.2) is 50.5 Å². The highest BCUT2D eigenvalue weighted by molar-refractivity contribution is 9.10. The highest BCUT2D eigenvalue weighted by Gasteiger charge is 2.40. The van der Waals surface area contributed by atoms with Crippen molar-refractivity contribution in [2.24, 2.45) is 4.99 Å². The van der Waals surface area contributed by atoms with E-state index in [9.17, 15) is 19.1 Å². The zero-order valence-corrected chi connectivity index (χ0v) is 22.5. The van der Waals surface area contributed by atoms with E-state index in [1.165, 1.54) is 23.5 Å². The number of nitrogens with zero attached hydrogens (tertiary/aromatic N) is 4.